The molecule has 1 aromatic heterocycles. The number of carboxylic acids is 1. The Morgan fingerprint density at radius 2 is 1.85 bits per heavy atom. The minimum Gasteiger partial charge on any atom is -0.480 e. The van der Waals surface area contributed by atoms with E-state index in [1.165, 1.54) is 42.3 Å². The van der Waals surface area contributed by atoms with Gasteiger partial charge in [-0.25, -0.2) is 0 Å². The molecule has 6 nitrogen and oxygen atoms in total. The van der Waals surface area contributed by atoms with Gasteiger partial charge in [-0.3, -0.25) is 14.4 Å². The molecule has 0 unspecified atom stereocenters. The summed E-state index contributed by atoms with van der Waals surface area (Å²) in [6.07, 6.45) is 5.85. The van der Waals surface area contributed by atoms with Crippen LogP contribution in [0, 0.1) is 0 Å². The molecule has 1 amide bonds. The fourth-order valence-electron chi connectivity index (χ4n) is 2.92. The fraction of sp³-hybridized carbons (Fsp3) is 0.350. The van der Waals surface area contributed by atoms with E-state index in [1.54, 1.807) is 0 Å². The fourth-order valence-corrected chi connectivity index (χ4v) is 2.92. The van der Waals surface area contributed by atoms with Crippen molar-refractivity contribution >= 4 is 17.6 Å². The molecule has 2 aromatic rings. The lowest BCUT2D eigenvalue weighted by molar-refractivity contribution is -0.137. The predicted octanol–water partition coefficient (Wildman–Crippen LogP) is 2.77. The first-order valence-electron chi connectivity index (χ1n) is 8.82. The Balaban J connectivity index is 1.47. The summed E-state index contributed by atoms with van der Waals surface area (Å²) in [6, 6.07) is 11.4. The average molecular weight is 354 g/mol. The minimum atomic E-state index is -1.11. The van der Waals surface area contributed by atoms with Crippen LogP contribution in [-0.2, 0) is 22.6 Å². The van der Waals surface area contributed by atoms with Crippen molar-refractivity contribution in [3.8, 4) is 0 Å². The maximum atomic E-state index is 12.1. The summed E-state index contributed by atoms with van der Waals surface area (Å²) in [5.41, 5.74) is 2.63. The van der Waals surface area contributed by atoms with Crippen LogP contribution in [0.4, 0.5) is 5.69 Å². The highest BCUT2D eigenvalue weighted by molar-refractivity contribution is 5.90. The van der Waals surface area contributed by atoms with E-state index in [0.29, 0.717) is 12.1 Å². The van der Waals surface area contributed by atoms with Gasteiger partial charge in [0.1, 0.15) is 6.54 Å². The van der Waals surface area contributed by atoms with Crippen molar-refractivity contribution < 1.29 is 14.7 Å². The van der Waals surface area contributed by atoms with Gasteiger partial charge in [0.2, 0.25) is 5.91 Å². The monoisotopic (exact) mass is 354 g/mol. The highest BCUT2D eigenvalue weighted by Gasteiger charge is 2.22. The maximum absolute atomic E-state index is 12.1. The molecule has 1 heterocycles. The van der Waals surface area contributed by atoms with Gasteiger partial charge in [0.15, 0.2) is 0 Å². The number of carbonyl (C=O) groups excluding carboxylic acids is 1. The number of amides is 1. The number of carboxylic acid groups (broad SMARTS) is 1. The molecule has 1 fully saturated rings. The zero-order valence-corrected chi connectivity index (χ0v) is 14.5. The number of hydrogen-bond donors (Lipinski definition) is 2. The van der Waals surface area contributed by atoms with E-state index in [-0.39, 0.29) is 5.91 Å². The number of nitrogens with zero attached hydrogens (tertiary/aromatic N) is 1. The van der Waals surface area contributed by atoms with Crippen molar-refractivity contribution in [2.24, 2.45) is 0 Å². The van der Waals surface area contributed by atoms with E-state index in [0.717, 1.165) is 23.3 Å². The topological polar surface area (TPSA) is 88.4 Å². The standard InChI is InChI=1S/C20H22N2O4/c23-18(21-17-10-11-19(24)22(12-17)13-20(25)26)3-1-2-14-4-6-15(7-5-14)16-8-9-16/h4-7,10-12,16H,1-3,8-9,13H2,(H,21,23)(H,25,26). The summed E-state index contributed by atoms with van der Waals surface area (Å²) in [7, 11) is 0. The SMILES string of the molecule is O=C(O)Cn1cc(NC(=O)CCCc2ccc(C3CC3)cc2)ccc1=O. The Kier molecular flexibility index (Phi) is 5.51. The van der Waals surface area contributed by atoms with Crippen LogP contribution in [0.3, 0.4) is 0 Å². The first-order valence-corrected chi connectivity index (χ1v) is 8.82. The number of nitrogens with one attached hydrogen (secondary N) is 1. The molecule has 0 aliphatic heterocycles. The van der Waals surface area contributed by atoms with Gasteiger partial charge in [0.05, 0.1) is 5.69 Å². The van der Waals surface area contributed by atoms with E-state index < -0.39 is 18.1 Å². The molecular formula is C20H22N2O4. The summed E-state index contributed by atoms with van der Waals surface area (Å²) < 4.78 is 1.05. The predicted molar refractivity (Wildman–Crippen MR) is 98.3 cm³/mol. The first-order chi connectivity index (χ1) is 12.5. The van der Waals surface area contributed by atoms with E-state index in [9.17, 15) is 14.4 Å². The number of carbonyl (C=O) groups is 2. The zero-order chi connectivity index (χ0) is 18.5. The third kappa shape index (κ3) is 5.05. The van der Waals surface area contributed by atoms with Crippen LogP contribution in [0.5, 0.6) is 0 Å². The number of benzene rings is 1. The van der Waals surface area contributed by atoms with Crippen LogP contribution in [-0.4, -0.2) is 21.6 Å². The summed E-state index contributed by atoms with van der Waals surface area (Å²) in [6.45, 7) is -0.431. The quantitative estimate of drug-likeness (QED) is 0.763. The number of aliphatic carboxylic acids is 1. The molecule has 1 aliphatic carbocycles. The highest BCUT2D eigenvalue weighted by Crippen LogP contribution is 2.39. The smallest absolute Gasteiger partial charge is 0.323 e. The lowest BCUT2D eigenvalue weighted by Gasteiger charge is -2.08. The Bertz CT molecular complexity index is 851. The Morgan fingerprint density at radius 1 is 1.12 bits per heavy atom. The molecule has 0 bridgehead atoms. The number of aromatic nitrogens is 1. The molecule has 26 heavy (non-hydrogen) atoms. The molecule has 136 valence electrons. The van der Waals surface area contributed by atoms with Crippen molar-refractivity contribution in [3.05, 3.63) is 64.1 Å². The molecule has 6 heteroatoms. The minimum absolute atomic E-state index is 0.153. The van der Waals surface area contributed by atoms with Gasteiger partial charge in [-0.05, 0) is 48.8 Å². The number of anilines is 1. The Labute approximate surface area is 151 Å². The normalized spacial score (nSPS) is 13.4. The zero-order valence-electron chi connectivity index (χ0n) is 14.5. The summed E-state index contributed by atoms with van der Waals surface area (Å²) in [5.74, 6) is -0.511. The molecule has 3 rings (SSSR count). The van der Waals surface area contributed by atoms with Gasteiger partial charge in [0, 0.05) is 18.7 Å². The third-order valence-electron chi connectivity index (χ3n) is 4.47. The second-order valence-corrected chi connectivity index (χ2v) is 6.70. The molecule has 1 saturated carbocycles. The molecule has 1 aromatic carbocycles. The summed E-state index contributed by atoms with van der Waals surface area (Å²) in [4.78, 5) is 34.4. The lowest BCUT2D eigenvalue weighted by atomic mass is 10.0. The maximum Gasteiger partial charge on any atom is 0.323 e. The van der Waals surface area contributed by atoms with Crippen LogP contribution in [0.15, 0.2) is 47.4 Å². The molecule has 0 atom stereocenters. The van der Waals surface area contributed by atoms with Crippen LogP contribution in [0.1, 0.15) is 42.7 Å². The van der Waals surface area contributed by atoms with Gasteiger partial charge in [0.25, 0.3) is 5.56 Å². The Morgan fingerprint density at radius 3 is 2.50 bits per heavy atom. The summed E-state index contributed by atoms with van der Waals surface area (Å²) >= 11 is 0. The van der Waals surface area contributed by atoms with E-state index >= 15 is 0 Å². The van der Waals surface area contributed by atoms with Gasteiger partial charge in [-0.15, -0.1) is 0 Å². The number of rotatable bonds is 8. The van der Waals surface area contributed by atoms with Crippen LogP contribution in [0.25, 0.3) is 0 Å². The first kappa shape index (κ1) is 17.9. The molecule has 1 aliphatic rings. The largest absolute Gasteiger partial charge is 0.480 e. The Hall–Kier alpha value is -2.89. The number of aryl methyl sites for hydroxylation is 1. The molecule has 2 N–H and O–H groups in total. The van der Waals surface area contributed by atoms with Crippen LogP contribution < -0.4 is 10.9 Å². The van der Waals surface area contributed by atoms with Crippen molar-refractivity contribution in [2.75, 3.05) is 5.32 Å². The van der Waals surface area contributed by atoms with Crippen LogP contribution >= 0.6 is 0 Å². The van der Waals surface area contributed by atoms with Crippen LogP contribution in [0.2, 0.25) is 0 Å². The third-order valence-corrected chi connectivity index (χ3v) is 4.47. The second kappa shape index (κ2) is 7.99. The summed E-state index contributed by atoms with van der Waals surface area (Å²) in [5, 5.41) is 11.5. The number of pyridine rings is 1. The second-order valence-electron chi connectivity index (χ2n) is 6.70. The van der Waals surface area contributed by atoms with Crippen molar-refractivity contribution in [1.82, 2.24) is 4.57 Å². The van der Waals surface area contributed by atoms with Gasteiger partial charge < -0.3 is 15.0 Å². The highest BCUT2D eigenvalue weighted by atomic mass is 16.4. The average Bonchev–Trinajstić information content (AvgIpc) is 3.43. The molecule has 0 radical (unpaired) electrons. The van der Waals surface area contributed by atoms with E-state index in [1.807, 2.05) is 0 Å². The van der Waals surface area contributed by atoms with Crippen molar-refractivity contribution in [1.29, 1.82) is 0 Å². The molecule has 0 spiro atoms. The van der Waals surface area contributed by atoms with E-state index in [2.05, 4.69) is 29.6 Å². The lowest BCUT2D eigenvalue weighted by Crippen LogP contribution is -2.24. The van der Waals surface area contributed by atoms with Crippen molar-refractivity contribution in [3.63, 3.8) is 0 Å². The van der Waals surface area contributed by atoms with E-state index in [4.69, 9.17) is 5.11 Å². The van der Waals surface area contributed by atoms with Gasteiger partial charge in [-0.1, -0.05) is 24.3 Å². The van der Waals surface area contributed by atoms with Gasteiger partial charge in [-0.2, -0.15) is 0 Å². The molecule has 0 saturated heterocycles. The molecular weight excluding hydrogens is 332 g/mol. The van der Waals surface area contributed by atoms with Gasteiger partial charge >= 0.3 is 5.97 Å². The van der Waals surface area contributed by atoms with Crippen molar-refractivity contribution in [2.45, 2.75) is 44.6 Å². The number of hydrogen-bond acceptors (Lipinski definition) is 3.